The number of ether oxygens (including phenoxy) is 1. The van der Waals surface area contributed by atoms with E-state index in [1.54, 1.807) is 0 Å². The van der Waals surface area contributed by atoms with Crippen molar-refractivity contribution in [2.75, 3.05) is 32.8 Å². The number of hydrogen-bond donors (Lipinski definition) is 1. The largest absolute Gasteiger partial charge is 0.382 e. The maximum Gasteiger partial charge on any atom is 0.0478 e. The van der Waals surface area contributed by atoms with E-state index in [9.17, 15) is 0 Å². The first kappa shape index (κ1) is 12.9. The van der Waals surface area contributed by atoms with Crippen LogP contribution in [-0.4, -0.2) is 43.8 Å². The van der Waals surface area contributed by atoms with Gasteiger partial charge >= 0.3 is 0 Å². The van der Waals surface area contributed by atoms with E-state index in [-0.39, 0.29) is 0 Å². The van der Waals surface area contributed by atoms with Crippen molar-refractivity contribution in [1.82, 2.24) is 4.90 Å². The monoisotopic (exact) mass is 214 g/mol. The Balaban J connectivity index is 2.10. The minimum absolute atomic E-state index is 0.814. The van der Waals surface area contributed by atoms with Crippen LogP contribution in [0.3, 0.4) is 0 Å². The van der Waals surface area contributed by atoms with Crippen LogP contribution in [0.1, 0.15) is 39.0 Å². The summed E-state index contributed by atoms with van der Waals surface area (Å²) in [6.07, 6.45) is 6.48. The highest BCUT2D eigenvalue weighted by atomic mass is 16.5. The summed E-state index contributed by atoms with van der Waals surface area (Å²) in [5.41, 5.74) is 5.56. The first-order valence-electron chi connectivity index (χ1n) is 6.40. The zero-order valence-electron chi connectivity index (χ0n) is 10.1. The van der Waals surface area contributed by atoms with Crippen molar-refractivity contribution in [2.24, 2.45) is 5.73 Å². The molecule has 90 valence electrons. The third-order valence-electron chi connectivity index (χ3n) is 3.18. The first-order chi connectivity index (χ1) is 7.38. The predicted molar refractivity (Wildman–Crippen MR) is 64.0 cm³/mol. The molecular formula is C12H26N2O. The van der Waals surface area contributed by atoms with E-state index in [0.29, 0.717) is 0 Å². The molecule has 0 saturated heterocycles. The quantitative estimate of drug-likeness (QED) is 0.593. The molecule has 1 aliphatic rings. The molecule has 15 heavy (non-hydrogen) atoms. The lowest BCUT2D eigenvalue weighted by Gasteiger charge is -2.37. The fourth-order valence-electron chi connectivity index (χ4n) is 2.04. The van der Waals surface area contributed by atoms with Crippen LogP contribution in [0, 0.1) is 0 Å². The van der Waals surface area contributed by atoms with Gasteiger partial charge in [0.1, 0.15) is 0 Å². The average molecular weight is 214 g/mol. The Morgan fingerprint density at radius 3 is 2.53 bits per heavy atom. The number of rotatable bonds is 9. The summed E-state index contributed by atoms with van der Waals surface area (Å²) in [6, 6.07) is 0.846. The number of hydrogen-bond acceptors (Lipinski definition) is 3. The molecule has 1 saturated carbocycles. The summed E-state index contributed by atoms with van der Waals surface area (Å²) < 4.78 is 5.37. The van der Waals surface area contributed by atoms with E-state index in [1.807, 2.05) is 0 Å². The molecule has 2 N–H and O–H groups in total. The minimum atomic E-state index is 0.814. The van der Waals surface area contributed by atoms with Crippen molar-refractivity contribution in [3.8, 4) is 0 Å². The van der Waals surface area contributed by atoms with Crippen molar-refractivity contribution in [3.63, 3.8) is 0 Å². The highest BCUT2D eigenvalue weighted by Crippen LogP contribution is 2.24. The van der Waals surface area contributed by atoms with Gasteiger partial charge in [0.2, 0.25) is 0 Å². The van der Waals surface area contributed by atoms with Gasteiger partial charge in [0.25, 0.3) is 0 Å². The van der Waals surface area contributed by atoms with Crippen LogP contribution in [-0.2, 0) is 4.74 Å². The highest BCUT2D eigenvalue weighted by molar-refractivity contribution is 4.79. The minimum Gasteiger partial charge on any atom is -0.382 e. The van der Waals surface area contributed by atoms with Gasteiger partial charge in [-0.1, -0.05) is 6.42 Å². The predicted octanol–water partition coefficient (Wildman–Crippen LogP) is 1.62. The molecule has 0 atom stereocenters. The second-order valence-corrected chi connectivity index (χ2v) is 4.31. The molecule has 0 aromatic rings. The molecule has 0 amide bonds. The van der Waals surface area contributed by atoms with Crippen LogP contribution in [0.2, 0.25) is 0 Å². The molecule has 3 heteroatoms. The second-order valence-electron chi connectivity index (χ2n) is 4.31. The Bertz CT molecular complexity index is 149. The van der Waals surface area contributed by atoms with E-state index in [2.05, 4.69) is 11.8 Å². The van der Waals surface area contributed by atoms with Gasteiger partial charge in [-0.05, 0) is 45.7 Å². The Labute approximate surface area is 94.0 Å². The fourth-order valence-corrected chi connectivity index (χ4v) is 2.04. The van der Waals surface area contributed by atoms with Crippen LogP contribution in [0.5, 0.6) is 0 Å². The maximum atomic E-state index is 5.56. The Hall–Kier alpha value is -0.120. The molecule has 0 bridgehead atoms. The van der Waals surface area contributed by atoms with Gasteiger partial charge in [0, 0.05) is 25.8 Å². The Kier molecular flexibility index (Phi) is 6.98. The van der Waals surface area contributed by atoms with E-state index in [0.717, 1.165) is 38.6 Å². The van der Waals surface area contributed by atoms with Crippen LogP contribution in [0.15, 0.2) is 0 Å². The molecule has 1 rings (SSSR count). The average Bonchev–Trinajstić information content (AvgIpc) is 2.17. The zero-order chi connectivity index (χ0) is 10.9. The van der Waals surface area contributed by atoms with E-state index >= 15 is 0 Å². The van der Waals surface area contributed by atoms with Gasteiger partial charge in [-0.15, -0.1) is 0 Å². The zero-order valence-corrected chi connectivity index (χ0v) is 10.1. The van der Waals surface area contributed by atoms with E-state index < -0.39 is 0 Å². The van der Waals surface area contributed by atoms with Crippen molar-refractivity contribution >= 4 is 0 Å². The third kappa shape index (κ3) is 4.96. The van der Waals surface area contributed by atoms with Gasteiger partial charge in [0.05, 0.1) is 0 Å². The SMILES string of the molecule is CCOCCCN(CCCN)C1CCC1. The summed E-state index contributed by atoms with van der Waals surface area (Å²) in [7, 11) is 0. The van der Waals surface area contributed by atoms with Gasteiger partial charge < -0.3 is 15.4 Å². The molecule has 1 fully saturated rings. The van der Waals surface area contributed by atoms with E-state index in [4.69, 9.17) is 10.5 Å². The van der Waals surface area contributed by atoms with Crippen molar-refractivity contribution in [1.29, 1.82) is 0 Å². The van der Waals surface area contributed by atoms with Crippen LogP contribution in [0.25, 0.3) is 0 Å². The molecule has 0 heterocycles. The molecule has 0 aliphatic heterocycles. The number of nitrogens with two attached hydrogens (primary N) is 1. The van der Waals surface area contributed by atoms with Gasteiger partial charge in [-0.3, -0.25) is 0 Å². The van der Waals surface area contributed by atoms with Gasteiger partial charge in [-0.25, -0.2) is 0 Å². The lowest BCUT2D eigenvalue weighted by Crippen LogP contribution is -2.42. The molecule has 0 radical (unpaired) electrons. The van der Waals surface area contributed by atoms with Crippen molar-refractivity contribution < 1.29 is 4.74 Å². The molecular weight excluding hydrogens is 188 g/mol. The first-order valence-corrected chi connectivity index (χ1v) is 6.40. The molecule has 0 spiro atoms. The lowest BCUT2D eigenvalue weighted by atomic mass is 9.91. The molecule has 1 aliphatic carbocycles. The smallest absolute Gasteiger partial charge is 0.0478 e. The summed E-state index contributed by atoms with van der Waals surface area (Å²) >= 11 is 0. The molecule has 3 nitrogen and oxygen atoms in total. The second kappa shape index (κ2) is 8.08. The summed E-state index contributed by atoms with van der Waals surface area (Å²) in [6.45, 7) is 6.97. The molecule has 0 unspecified atom stereocenters. The molecule has 0 aromatic carbocycles. The Morgan fingerprint density at radius 2 is 2.00 bits per heavy atom. The topological polar surface area (TPSA) is 38.5 Å². The van der Waals surface area contributed by atoms with Crippen LogP contribution < -0.4 is 5.73 Å². The van der Waals surface area contributed by atoms with Crippen LogP contribution in [0.4, 0.5) is 0 Å². The van der Waals surface area contributed by atoms with Crippen LogP contribution >= 0.6 is 0 Å². The standard InChI is InChI=1S/C12H26N2O/c1-2-15-11-5-10-14(9-4-8-13)12-6-3-7-12/h12H,2-11,13H2,1H3. The summed E-state index contributed by atoms with van der Waals surface area (Å²) in [5.74, 6) is 0. The van der Waals surface area contributed by atoms with Gasteiger partial charge in [-0.2, -0.15) is 0 Å². The van der Waals surface area contributed by atoms with E-state index in [1.165, 1.54) is 32.4 Å². The lowest BCUT2D eigenvalue weighted by molar-refractivity contribution is 0.0954. The molecule has 0 aromatic heterocycles. The van der Waals surface area contributed by atoms with Crippen molar-refractivity contribution in [3.05, 3.63) is 0 Å². The summed E-state index contributed by atoms with van der Waals surface area (Å²) in [4.78, 5) is 2.61. The highest BCUT2D eigenvalue weighted by Gasteiger charge is 2.23. The maximum absolute atomic E-state index is 5.56. The van der Waals surface area contributed by atoms with Crippen molar-refractivity contribution in [2.45, 2.75) is 45.1 Å². The normalized spacial score (nSPS) is 17.0. The fraction of sp³-hybridized carbons (Fsp3) is 1.00. The Morgan fingerprint density at radius 1 is 1.27 bits per heavy atom. The number of nitrogens with zero attached hydrogens (tertiary/aromatic N) is 1. The third-order valence-corrected chi connectivity index (χ3v) is 3.18. The summed E-state index contributed by atoms with van der Waals surface area (Å²) in [5, 5.41) is 0. The van der Waals surface area contributed by atoms with Gasteiger partial charge in [0.15, 0.2) is 0 Å².